The van der Waals surface area contributed by atoms with Crippen LogP contribution < -0.4 is 11.1 Å². The minimum Gasteiger partial charge on any atom is -0.396 e. The smallest absolute Gasteiger partial charge is 0.258 e. The maximum atomic E-state index is 12.2. The molecule has 3 N–H and O–H groups in total. The number of aromatic nitrogens is 3. The number of pyridine rings is 1. The van der Waals surface area contributed by atoms with Gasteiger partial charge in [-0.25, -0.2) is 4.98 Å². The Labute approximate surface area is 111 Å². The number of hydrogen-bond donors (Lipinski definition) is 2. The van der Waals surface area contributed by atoms with Gasteiger partial charge in [0.2, 0.25) is 0 Å². The molecule has 0 bridgehead atoms. The van der Waals surface area contributed by atoms with Crippen molar-refractivity contribution in [3.05, 3.63) is 41.3 Å². The fourth-order valence-electron chi connectivity index (χ4n) is 1.67. The highest BCUT2D eigenvalue weighted by molar-refractivity contribution is 6.05. The summed E-state index contributed by atoms with van der Waals surface area (Å²) in [5, 5.41) is 10.7. The molecule has 1 amide bonds. The highest BCUT2D eigenvalue weighted by atomic mass is 16.1. The van der Waals surface area contributed by atoms with E-state index in [4.69, 9.17) is 5.73 Å². The van der Waals surface area contributed by atoms with E-state index >= 15 is 0 Å². The van der Waals surface area contributed by atoms with E-state index in [1.807, 2.05) is 6.92 Å². The number of carbonyl (C=O) groups is 1. The van der Waals surface area contributed by atoms with E-state index in [9.17, 15) is 4.79 Å². The minimum atomic E-state index is -0.278. The van der Waals surface area contributed by atoms with E-state index in [-0.39, 0.29) is 5.91 Å². The Morgan fingerprint density at radius 1 is 1.42 bits per heavy atom. The minimum absolute atomic E-state index is 0.278. The first kappa shape index (κ1) is 12.9. The summed E-state index contributed by atoms with van der Waals surface area (Å²) in [5.41, 5.74) is 8.01. The van der Waals surface area contributed by atoms with Gasteiger partial charge in [0, 0.05) is 6.20 Å². The number of nitrogens with one attached hydrogen (secondary N) is 1. The predicted octanol–water partition coefficient (Wildman–Crippen LogP) is 1.58. The van der Waals surface area contributed by atoms with Crippen LogP contribution in [0.2, 0.25) is 0 Å². The molecule has 6 heteroatoms. The van der Waals surface area contributed by atoms with E-state index < -0.39 is 0 Å². The molecule has 2 aromatic rings. The molecule has 0 spiro atoms. The second-order valence-electron chi connectivity index (χ2n) is 4.10. The Morgan fingerprint density at radius 2 is 2.21 bits per heavy atom. The van der Waals surface area contributed by atoms with Gasteiger partial charge in [-0.1, -0.05) is 6.92 Å². The first-order chi connectivity index (χ1) is 9.11. The lowest BCUT2D eigenvalue weighted by atomic mass is 10.1. The molecule has 0 aliphatic heterocycles. The van der Waals surface area contributed by atoms with Crippen LogP contribution in [0.5, 0.6) is 0 Å². The molecule has 0 aromatic carbocycles. The zero-order valence-corrected chi connectivity index (χ0v) is 10.8. The van der Waals surface area contributed by atoms with E-state index in [2.05, 4.69) is 20.5 Å². The van der Waals surface area contributed by atoms with E-state index in [0.717, 1.165) is 0 Å². The number of carbonyl (C=O) groups excluding carboxylic acids is 1. The van der Waals surface area contributed by atoms with Gasteiger partial charge >= 0.3 is 0 Å². The highest BCUT2D eigenvalue weighted by Gasteiger charge is 2.14. The first-order valence-electron chi connectivity index (χ1n) is 5.97. The van der Waals surface area contributed by atoms with Gasteiger partial charge in [0.15, 0.2) is 5.82 Å². The van der Waals surface area contributed by atoms with Crippen LogP contribution in [0, 0.1) is 6.92 Å². The summed E-state index contributed by atoms with van der Waals surface area (Å²) < 4.78 is 0. The molecule has 19 heavy (non-hydrogen) atoms. The topological polar surface area (TPSA) is 93.8 Å². The van der Waals surface area contributed by atoms with Crippen molar-refractivity contribution in [1.82, 2.24) is 15.2 Å². The molecule has 0 radical (unpaired) electrons. The molecule has 2 rings (SSSR count). The molecule has 0 atom stereocenters. The lowest BCUT2D eigenvalue weighted by molar-refractivity contribution is 0.102. The monoisotopic (exact) mass is 257 g/mol. The van der Waals surface area contributed by atoms with E-state index in [0.29, 0.717) is 34.9 Å². The summed E-state index contributed by atoms with van der Waals surface area (Å²) in [6.45, 7) is 3.71. The maximum Gasteiger partial charge on any atom is 0.258 e. The van der Waals surface area contributed by atoms with Crippen LogP contribution in [0.1, 0.15) is 28.7 Å². The number of nitrogens with two attached hydrogens (primary N) is 1. The van der Waals surface area contributed by atoms with Gasteiger partial charge in [-0.05, 0) is 31.5 Å². The summed E-state index contributed by atoms with van der Waals surface area (Å²) in [6.07, 6.45) is 2.20. The Balaban J connectivity index is 2.30. The van der Waals surface area contributed by atoms with Crippen molar-refractivity contribution in [2.45, 2.75) is 20.3 Å². The molecular formula is C13H15N5O. The number of hydrogen-bond acceptors (Lipinski definition) is 5. The number of aryl methyl sites for hydroxylation is 2. The molecule has 0 aliphatic rings. The van der Waals surface area contributed by atoms with Crippen LogP contribution in [0.3, 0.4) is 0 Å². The van der Waals surface area contributed by atoms with Crippen LogP contribution in [0.4, 0.5) is 11.5 Å². The summed E-state index contributed by atoms with van der Waals surface area (Å²) in [4.78, 5) is 16.3. The van der Waals surface area contributed by atoms with Gasteiger partial charge < -0.3 is 11.1 Å². The molecule has 0 fully saturated rings. The zero-order valence-electron chi connectivity index (χ0n) is 10.8. The first-order valence-corrected chi connectivity index (χ1v) is 5.97. The molecule has 0 unspecified atom stereocenters. The van der Waals surface area contributed by atoms with Crippen molar-refractivity contribution >= 4 is 17.4 Å². The zero-order chi connectivity index (χ0) is 13.8. The van der Waals surface area contributed by atoms with Crippen LogP contribution in [-0.4, -0.2) is 21.1 Å². The van der Waals surface area contributed by atoms with E-state index in [1.54, 1.807) is 31.3 Å². The predicted molar refractivity (Wildman–Crippen MR) is 72.7 cm³/mol. The summed E-state index contributed by atoms with van der Waals surface area (Å²) in [7, 11) is 0. The molecule has 0 saturated carbocycles. The van der Waals surface area contributed by atoms with Crippen molar-refractivity contribution in [2.24, 2.45) is 0 Å². The largest absolute Gasteiger partial charge is 0.396 e. The molecular weight excluding hydrogens is 242 g/mol. The Morgan fingerprint density at radius 3 is 2.89 bits per heavy atom. The van der Waals surface area contributed by atoms with Crippen molar-refractivity contribution in [2.75, 3.05) is 11.1 Å². The summed E-state index contributed by atoms with van der Waals surface area (Å²) in [6, 6.07) is 5.10. The number of amides is 1. The Hall–Kier alpha value is -2.50. The third-order valence-corrected chi connectivity index (χ3v) is 2.64. The third kappa shape index (κ3) is 2.85. The summed E-state index contributed by atoms with van der Waals surface area (Å²) in [5.74, 6) is 0.0734. The SMILES string of the molecule is CCc1nnc(C)cc1C(=O)Nc1ncccc1N. The maximum absolute atomic E-state index is 12.2. The highest BCUT2D eigenvalue weighted by Crippen LogP contribution is 2.16. The average Bonchev–Trinajstić information content (AvgIpc) is 2.41. The van der Waals surface area contributed by atoms with Gasteiger partial charge in [-0.3, -0.25) is 4.79 Å². The number of anilines is 2. The lowest BCUT2D eigenvalue weighted by Gasteiger charge is -2.09. The van der Waals surface area contributed by atoms with Gasteiger partial charge in [0.1, 0.15) is 0 Å². The van der Waals surface area contributed by atoms with Crippen LogP contribution in [0.15, 0.2) is 24.4 Å². The van der Waals surface area contributed by atoms with Crippen LogP contribution in [0.25, 0.3) is 0 Å². The third-order valence-electron chi connectivity index (χ3n) is 2.64. The van der Waals surface area contributed by atoms with E-state index in [1.165, 1.54) is 0 Å². The molecule has 2 aromatic heterocycles. The number of nitrogens with zero attached hydrogens (tertiary/aromatic N) is 3. The van der Waals surface area contributed by atoms with Crippen LogP contribution >= 0.6 is 0 Å². The van der Waals surface area contributed by atoms with Crippen molar-refractivity contribution in [1.29, 1.82) is 0 Å². The fraction of sp³-hybridized carbons (Fsp3) is 0.231. The van der Waals surface area contributed by atoms with Crippen molar-refractivity contribution in [3.63, 3.8) is 0 Å². The molecule has 0 saturated heterocycles. The quantitative estimate of drug-likeness (QED) is 0.870. The number of nitrogen functional groups attached to an aromatic ring is 1. The lowest BCUT2D eigenvalue weighted by Crippen LogP contribution is -2.17. The molecule has 2 heterocycles. The average molecular weight is 257 g/mol. The standard InChI is InChI=1S/C13H15N5O/c1-3-11-9(7-8(2)17-18-11)13(19)16-12-10(14)5-4-6-15-12/h4-7H,3,14H2,1-2H3,(H,15,16,19). The Bertz CT molecular complexity index is 612. The molecule has 6 nitrogen and oxygen atoms in total. The van der Waals surface area contributed by atoms with Gasteiger partial charge in [0.25, 0.3) is 5.91 Å². The second-order valence-corrected chi connectivity index (χ2v) is 4.10. The van der Waals surface area contributed by atoms with Gasteiger partial charge in [-0.15, -0.1) is 0 Å². The molecule has 0 aliphatic carbocycles. The van der Waals surface area contributed by atoms with Crippen LogP contribution in [-0.2, 0) is 6.42 Å². The van der Waals surface area contributed by atoms with Gasteiger partial charge in [0.05, 0.1) is 22.6 Å². The molecule has 98 valence electrons. The normalized spacial score (nSPS) is 10.2. The van der Waals surface area contributed by atoms with Crippen molar-refractivity contribution < 1.29 is 4.79 Å². The van der Waals surface area contributed by atoms with Crippen molar-refractivity contribution in [3.8, 4) is 0 Å². The fourth-order valence-corrected chi connectivity index (χ4v) is 1.67. The van der Waals surface area contributed by atoms with Gasteiger partial charge in [-0.2, -0.15) is 10.2 Å². The summed E-state index contributed by atoms with van der Waals surface area (Å²) >= 11 is 0. The number of rotatable bonds is 3. The Kier molecular flexibility index (Phi) is 3.70. The second kappa shape index (κ2) is 5.43.